The van der Waals surface area contributed by atoms with Gasteiger partial charge in [0.25, 0.3) is 0 Å². The van der Waals surface area contributed by atoms with Gasteiger partial charge in [0.1, 0.15) is 0 Å². The normalized spacial score (nSPS) is 12.8. The largest absolute Gasteiger partial charge is 0.484 e. The molecule has 0 spiro atoms. The van der Waals surface area contributed by atoms with E-state index in [2.05, 4.69) is 19.2 Å². The van der Waals surface area contributed by atoms with E-state index >= 15 is 0 Å². The van der Waals surface area contributed by atoms with Crippen molar-refractivity contribution in [3.63, 3.8) is 0 Å². The van der Waals surface area contributed by atoms with Crippen LogP contribution in [0.1, 0.15) is 33.3 Å². The Balaban J connectivity index is 3.02. The molecule has 0 saturated carbocycles. The Kier molecular flexibility index (Phi) is 5.95. The Bertz CT molecular complexity index is 458. The number of nitro groups is 1. The highest BCUT2D eigenvalue weighted by atomic mass is 16.6. The zero-order valence-electron chi connectivity index (χ0n) is 12.8. The fourth-order valence-corrected chi connectivity index (χ4v) is 2.11. The third-order valence-electron chi connectivity index (χ3n) is 3.21. The summed E-state index contributed by atoms with van der Waals surface area (Å²) in [6.07, 6.45) is 0.731. The van der Waals surface area contributed by atoms with Crippen LogP contribution in [0.25, 0.3) is 0 Å². The third-order valence-corrected chi connectivity index (χ3v) is 3.21. The van der Waals surface area contributed by atoms with E-state index in [1.54, 1.807) is 12.1 Å². The predicted octanol–water partition coefficient (Wildman–Crippen LogP) is 3.17. The molecule has 1 atom stereocenters. The van der Waals surface area contributed by atoms with E-state index in [1.165, 1.54) is 6.07 Å². The zero-order chi connectivity index (χ0) is 15.3. The molecule has 0 bridgehead atoms. The average Bonchev–Trinajstić information content (AvgIpc) is 2.34. The first-order chi connectivity index (χ1) is 9.35. The lowest BCUT2D eigenvalue weighted by molar-refractivity contribution is -0.386. The molecule has 0 saturated heterocycles. The van der Waals surface area contributed by atoms with Crippen LogP contribution in [0, 0.1) is 16.0 Å². The van der Waals surface area contributed by atoms with Gasteiger partial charge in [0.15, 0.2) is 5.75 Å². The second-order valence-electron chi connectivity index (χ2n) is 5.57. The monoisotopic (exact) mass is 280 g/mol. The average molecular weight is 280 g/mol. The quantitative estimate of drug-likeness (QED) is 0.615. The van der Waals surface area contributed by atoms with E-state index in [4.69, 9.17) is 4.74 Å². The molecule has 0 amide bonds. The summed E-state index contributed by atoms with van der Waals surface area (Å²) in [7, 11) is 1.93. The van der Waals surface area contributed by atoms with Crippen LogP contribution in [0.2, 0.25) is 0 Å². The van der Waals surface area contributed by atoms with Crippen LogP contribution in [0.15, 0.2) is 18.2 Å². The van der Waals surface area contributed by atoms with Gasteiger partial charge < -0.3 is 10.1 Å². The Labute approximate surface area is 120 Å². The highest BCUT2D eigenvalue weighted by Crippen LogP contribution is 2.29. The summed E-state index contributed by atoms with van der Waals surface area (Å²) in [6, 6.07) is 5.45. The van der Waals surface area contributed by atoms with Gasteiger partial charge >= 0.3 is 5.69 Å². The van der Waals surface area contributed by atoms with Crippen molar-refractivity contribution in [1.82, 2.24) is 5.32 Å². The predicted molar refractivity (Wildman–Crippen MR) is 80.3 cm³/mol. The van der Waals surface area contributed by atoms with Gasteiger partial charge in [-0.15, -0.1) is 0 Å². The van der Waals surface area contributed by atoms with Gasteiger partial charge in [0, 0.05) is 12.1 Å². The van der Waals surface area contributed by atoms with Crippen LogP contribution in [0.4, 0.5) is 5.69 Å². The molecule has 1 aromatic rings. The first-order valence-corrected chi connectivity index (χ1v) is 6.96. The van der Waals surface area contributed by atoms with Crippen molar-refractivity contribution in [1.29, 1.82) is 0 Å². The third kappa shape index (κ3) is 4.49. The number of ether oxygens (including phenoxy) is 1. The molecule has 1 rings (SSSR count). The van der Waals surface area contributed by atoms with Gasteiger partial charge in [0.2, 0.25) is 0 Å². The van der Waals surface area contributed by atoms with E-state index in [0.29, 0.717) is 17.7 Å². The van der Waals surface area contributed by atoms with Crippen molar-refractivity contribution in [2.75, 3.05) is 7.05 Å². The Morgan fingerprint density at radius 3 is 2.40 bits per heavy atom. The molecule has 1 aromatic carbocycles. The Morgan fingerprint density at radius 1 is 1.30 bits per heavy atom. The number of nitrogens with zero attached hydrogens (tertiary/aromatic N) is 1. The van der Waals surface area contributed by atoms with E-state index in [0.717, 1.165) is 12.0 Å². The summed E-state index contributed by atoms with van der Waals surface area (Å²) in [5, 5.41) is 14.3. The first kappa shape index (κ1) is 16.4. The number of hydrogen-bond acceptors (Lipinski definition) is 4. The molecule has 0 fully saturated rings. The van der Waals surface area contributed by atoms with Crippen molar-refractivity contribution in [2.45, 2.75) is 46.3 Å². The molecule has 1 unspecified atom stereocenters. The fraction of sp³-hybridized carbons (Fsp3) is 0.600. The van der Waals surface area contributed by atoms with E-state index < -0.39 is 4.92 Å². The van der Waals surface area contributed by atoms with Crippen molar-refractivity contribution < 1.29 is 9.66 Å². The topological polar surface area (TPSA) is 64.4 Å². The van der Waals surface area contributed by atoms with Crippen molar-refractivity contribution >= 4 is 5.69 Å². The minimum Gasteiger partial charge on any atom is -0.484 e. The van der Waals surface area contributed by atoms with Crippen LogP contribution < -0.4 is 10.1 Å². The molecule has 0 aliphatic heterocycles. The summed E-state index contributed by atoms with van der Waals surface area (Å²) >= 11 is 0. The lowest BCUT2D eigenvalue weighted by Gasteiger charge is -2.20. The molecule has 0 aliphatic carbocycles. The Morgan fingerprint density at radius 2 is 1.95 bits per heavy atom. The van der Waals surface area contributed by atoms with E-state index in [9.17, 15) is 10.1 Å². The maximum absolute atomic E-state index is 11.0. The molecule has 20 heavy (non-hydrogen) atoms. The number of nitrogens with one attached hydrogen (secondary N) is 1. The van der Waals surface area contributed by atoms with Gasteiger partial charge in [-0.25, -0.2) is 0 Å². The zero-order valence-corrected chi connectivity index (χ0v) is 12.8. The van der Waals surface area contributed by atoms with Crippen molar-refractivity contribution in [3.8, 4) is 5.75 Å². The molecule has 0 aromatic heterocycles. The lowest BCUT2D eigenvalue weighted by Crippen LogP contribution is -2.32. The minimum absolute atomic E-state index is 0.0213. The van der Waals surface area contributed by atoms with Crippen LogP contribution in [-0.2, 0) is 6.42 Å². The van der Waals surface area contributed by atoms with Crippen LogP contribution in [0.3, 0.4) is 0 Å². The molecule has 5 heteroatoms. The maximum Gasteiger partial charge on any atom is 0.310 e. The fourth-order valence-electron chi connectivity index (χ4n) is 2.11. The van der Waals surface area contributed by atoms with Gasteiger partial charge in [-0.3, -0.25) is 10.1 Å². The molecular weight excluding hydrogens is 256 g/mol. The van der Waals surface area contributed by atoms with Gasteiger partial charge in [0.05, 0.1) is 11.0 Å². The summed E-state index contributed by atoms with van der Waals surface area (Å²) in [4.78, 5) is 10.6. The van der Waals surface area contributed by atoms with Crippen molar-refractivity contribution in [2.24, 2.45) is 5.92 Å². The SMILES string of the molecule is CNC(Cc1ccc([N+](=O)[O-])c(OC(C)C)c1)C(C)C. The summed E-state index contributed by atoms with van der Waals surface area (Å²) in [5.41, 5.74) is 1.06. The number of nitro benzene ring substituents is 1. The lowest BCUT2D eigenvalue weighted by atomic mass is 9.96. The molecular formula is C15H24N2O3. The highest BCUT2D eigenvalue weighted by molar-refractivity contribution is 5.48. The summed E-state index contributed by atoms with van der Waals surface area (Å²) in [5.74, 6) is 0.839. The summed E-state index contributed by atoms with van der Waals surface area (Å²) in [6.45, 7) is 8.03. The molecule has 5 nitrogen and oxygen atoms in total. The van der Waals surface area contributed by atoms with Crippen LogP contribution in [-0.4, -0.2) is 24.1 Å². The van der Waals surface area contributed by atoms with Crippen LogP contribution >= 0.6 is 0 Å². The molecule has 0 heterocycles. The van der Waals surface area contributed by atoms with Crippen molar-refractivity contribution in [3.05, 3.63) is 33.9 Å². The molecule has 112 valence electrons. The van der Waals surface area contributed by atoms with E-state index in [-0.39, 0.29) is 11.8 Å². The Hall–Kier alpha value is -1.62. The minimum atomic E-state index is -0.403. The number of rotatable bonds is 7. The standard InChI is InChI=1S/C15H24N2O3/c1-10(2)13(16-5)8-12-6-7-14(17(18)19)15(9-12)20-11(3)4/h6-7,9-11,13,16H,8H2,1-5H3. The van der Waals surface area contributed by atoms with Gasteiger partial charge in [-0.1, -0.05) is 19.9 Å². The second-order valence-corrected chi connectivity index (χ2v) is 5.57. The number of hydrogen-bond donors (Lipinski definition) is 1. The molecule has 0 aliphatic rings. The number of likely N-dealkylation sites (N-methyl/N-ethyl adjacent to an activating group) is 1. The van der Waals surface area contributed by atoms with Gasteiger partial charge in [-0.05, 0) is 44.9 Å². The summed E-state index contributed by atoms with van der Waals surface area (Å²) < 4.78 is 5.56. The smallest absolute Gasteiger partial charge is 0.310 e. The number of benzene rings is 1. The van der Waals surface area contributed by atoms with Crippen LogP contribution in [0.5, 0.6) is 5.75 Å². The van der Waals surface area contributed by atoms with Gasteiger partial charge in [-0.2, -0.15) is 0 Å². The molecule has 1 N–H and O–H groups in total. The first-order valence-electron chi connectivity index (χ1n) is 6.96. The van der Waals surface area contributed by atoms with E-state index in [1.807, 2.05) is 20.9 Å². The molecule has 0 radical (unpaired) electrons. The second kappa shape index (κ2) is 7.24. The highest BCUT2D eigenvalue weighted by Gasteiger charge is 2.18. The maximum atomic E-state index is 11.0.